The highest BCUT2D eigenvalue weighted by molar-refractivity contribution is 5.94. The third kappa shape index (κ3) is 7.67. The summed E-state index contributed by atoms with van der Waals surface area (Å²) in [6.45, 7) is 10.00. The number of aliphatic hydroxyl groups excluding tert-OH is 1. The second kappa shape index (κ2) is 13.1. The van der Waals surface area contributed by atoms with Gasteiger partial charge < -0.3 is 19.5 Å². The zero-order valence-corrected chi connectivity index (χ0v) is 22.4. The quantitative estimate of drug-likeness (QED) is 0.251. The third-order valence-electron chi connectivity index (χ3n) is 6.10. The lowest BCUT2D eigenvalue weighted by Gasteiger charge is -2.33. The smallest absolute Gasteiger partial charge is 0.347 e. The molecule has 0 saturated carbocycles. The molecule has 0 bridgehead atoms. The van der Waals surface area contributed by atoms with Gasteiger partial charge >= 0.3 is 11.9 Å². The minimum Gasteiger partial charge on any atom is -0.426 e. The van der Waals surface area contributed by atoms with Gasteiger partial charge in [0.15, 0.2) is 0 Å². The molecule has 0 fully saturated rings. The van der Waals surface area contributed by atoms with Crippen molar-refractivity contribution >= 4 is 17.6 Å². The topological polar surface area (TPSA) is 76.1 Å². The molecular weight excluding hydrogens is 466 g/mol. The highest BCUT2D eigenvalue weighted by atomic mass is 16.5. The summed E-state index contributed by atoms with van der Waals surface area (Å²) in [5.74, 6) is -0.531. The van der Waals surface area contributed by atoms with Crippen LogP contribution >= 0.6 is 0 Å². The Bertz CT molecular complexity index is 1210. The van der Waals surface area contributed by atoms with Gasteiger partial charge in [0.2, 0.25) is 0 Å². The van der Waals surface area contributed by atoms with E-state index in [0.29, 0.717) is 24.3 Å². The number of nitrogens with zero attached hydrogens (tertiary/aromatic N) is 1. The van der Waals surface area contributed by atoms with Crippen molar-refractivity contribution in [2.24, 2.45) is 0 Å². The first-order valence-electron chi connectivity index (χ1n) is 12.8. The summed E-state index contributed by atoms with van der Waals surface area (Å²) in [4.78, 5) is 26.8. The van der Waals surface area contributed by atoms with Crippen LogP contribution in [0.5, 0.6) is 11.5 Å². The number of rotatable bonds is 11. The molecule has 0 aliphatic heterocycles. The van der Waals surface area contributed by atoms with Crippen LogP contribution in [-0.4, -0.2) is 29.1 Å². The first-order chi connectivity index (χ1) is 17.7. The zero-order valence-electron chi connectivity index (χ0n) is 22.4. The molecule has 0 amide bonds. The lowest BCUT2D eigenvalue weighted by atomic mass is 10.0. The van der Waals surface area contributed by atoms with E-state index in [2.05, 4.69) is 56.9 Å². The maximum atomic E-state index is 13.0. The zero-order chi connectivity index (χ0) is 26.9. The molecule has 3 aromatic carbocycles. The Morgan fingerprint density at radius 1 is 0.811 bits per heavy atom. The van der Waals surface area contributed by atoms with E-state index in [1.807, 2.05) is 6.07 Å². The molecule has 1 N–H and O–H groups in total. The van der Waals surface area contributed by atoms with Crippen molar-refractivity contribution in [3.8, 4) is 11.5 Å². The molecule has 0 atom stereocenters. The maximum Gasteiger partial charge on any atom is 0.347 e. The Labute approximate surface area is 219 Å². The van der Waals surface area contributed by atoms with Gasteiger partial charge in [0.25, 0.3) is 0 Å². The number of carbonyl (C=O) groups excluding carboxylic acids is 2. The van der Waals surface area contributed by atoms with Crippen molar-refractivity contribution in [3.63, 3.8) is 0 Å². The van der Waals surface area contributed by atoms with Gasteiger partial charge in [-0.15, -0.1) is 0 Å². The van der Waals surface area contributed by atoms with E-state index in [9.17, 15) is 14.7 Å². The van der Waals surface area contributed by atoms with E-state index in [-0.39, 0.29) is 17.9 Å². The summed E-state index contributed by atoms with van der Waals surface area (Å²) < 4.78 is 10.9. The third-order valence-corrected chi connectivity index (χ3v) is 6.10. The summed E-state index contributed by atoms with van der Waals surface area (Å²) in [5, 5.41) is 9.65. The molecule has 6 nitrogen and oxygen atoms in total. The number of benzene rings is 3. The summed E-state index contributed by atoms with van der Waals surface area (Å²) in [7, 11) is 0. The van der Waals surface area contributed by atoms with E-state index < -0.39 is 11.9 Å². The van der Waals surface area contributed by atoms with Gasteiger partial charge in [0.1, 0.15) is 17.1 Å². The Morgan fingerprint density at radius 2 is 1.54 bits per heavy atom. The number of esters is 2. The second-order valence-corrected chi connectivity index (χ2v) is 9.70. The number of aryl methyl sites for hydroxylation is 2. The van der Waals surface area contributed by atoms with Crippen LogP contribution in [0.2, 0.25) is 0 Å². The van der Waals surface area contributed by atoms with Gasteiger partial charge in [0, 0.05) is 24.7 Å². The Kier molecular flexibility index (Phi) is 9.86. The van der Waals surface area contributed by atoms with Crippen LogP contribution in [0.15, 0.2) is 66.7 Å². The van der Waals surface area contributed by atoms with Gasteiger partial charge in [-0.05, 0) is 100 Å². The van der Waals surface area contributed by atoms with E-state index in [4.69, 9.17) is 9.47 Å². The molecular formula is C31H37NO5. The van der Waals surface area contributed by atoms with Gasteiger partial charge in [0.05, 0.1) is 6.61 Å². The van der Waals surface area contributed by atoms with Crippen LogP contribution in [0, 0.1) is 0 Å². The van der Waals surface area contributed by atoms with Crippen molar-refractivity contribution in [1.82, 2.24) is 0 Å². The largest absolute Gasteiger partial charge is 0.426 e. The predicted octanol–water partition coefficient (Wildman–Crippen LogP) is 6.12. The summed E-state index contributed by atoms with van der Waals surface area (Å²) >= 11 is 0. The van der Waals surface area contributed by atoms with Crippen molar-refractivity contribution in [1.29, 1.82) is 0 Å². The van der Waals surface area contributed by atoms with Gasteiger partial charge in [-0.3, -0.25) is 4.79 Å². The number of anilines is 1. The molecule has 0 heterocycles. The van der Waals surface area contributed by atoms with Crippen LogP contribution in [0.4, 0.5) is 5.69 Å². The van der Waals surface area contributed by atoms with Crippen LogP contribution < -0.4 is 14.4 Å². The standard InChI is InChI=1S/C31H37NO5/c1-21(2)32(22(3)4)27-13-9-11-24(19-27)10-8-12-26-18-25(20-33)16-17-29(26)37-31(35)28-14-6-7-15-30(28)36-23(5)34/h6-7,9,11,13-19,21-22,33H,8,10,12,20H2,1-5H3. The minimum absolute atomic E-state index is 0.0984. The van der Waals surface area contributed by atoms with Crippen molar-refractivity contribution < 1.29 is 24.2 Å². The number of ether oxygens (including phenoxy) is 2. The van der Waals surface area contributed by atoms with Crippen LogP contribution in [0.1, 0.15) is 68.1 Å². The van der Waals surface area contributed by atoms with E-state index in [0.717, 1.165) is 24.0 Å². The molecule has 0 spiro atoms. The average molecular weight is 504 g/mol. The monoisotopic (exact) mass is 503 g/mol. The predicted molar refractivity (Wildman–Crippen MR) is 146 cm³/mol. The summed E-state index contributed by atoms with van der Waals surface area (Å²) in [6.07, 6.45) is 2.38. The highest BCUT2D eigenvalue weighted by Gasteiger charge is 2.18. The molecule has 6 heteroatoms. The lowest BCUT2D eigenvalue weighted by Crippen LogP contribution is -2.36. The molecule has 0 aliphatic rings. The van der Waals surface area contributed by atoms with Gasteiger partial charge in [-0.1, -0.05) is 30.3 Å². The van der Waals surface area contributed by atoms with Crippen LogP contribution in [0.3, 0.4) is 0 Å². The minimum atomic E-state index is -0.606. The Hall–Kier alpha value is -3.64. The van der Waals surface area contributed by atoms with Gasteiger partial charge in [-0.25, -0.2) is 4.79 Å². The van der Waals surface area contributed by atoms with E-state index >= 15 is 0 Å². The molecule has 0 saturated heterocycles. The SMILES string of the molecule is CC(=O)Oc1ccccc1C(=O)Oc1ccc(CO)cc1CCCc1cccc(N(C(C)C)C(C)C)c1. The first-order valence-corrected chi connectivity index (χ1v) is 12.8. The molecule has 196 valence electrons. The normalized spacial score (nSPS) is 11.0. The number of hydrogen-bond donors (Lipinski definition) is 1. The van der Waals surface area contributed by atoms with E-state index in [1.165, 1.54) is 18.2 Å². The van der Waals surface area contributed by atoms with Crippen LogP contribution in [-0.2, 0) is 24.2 Å². The number of carbonyl (C=O) groups is 2. The molecule has 0 aliphatic carbocycles. The second-order valence-electron chi connectivity index (χ2n) is 9.70. The fourth-order valence-corrected chi connectivity index (χ4v) is 4.61. The molecule has 0 radical (unpaired) electrons. The van der Waals surface area contributed by atoms with Crippen molar-refractivity contribution in [3.05, 3.63) is 89.0 Å². The molecule has 3 aromatic rings. The lowest BCUT2D eigenvalue weighted by molar-refractivity contribution is -0.131. The number of para-hydroxylation sites is 1. The first kappa shape index (κ1) is 27.9. The fraction of sp³-hybridized carbons (Fsp3) is 0.355. The Balaban J connectivity index is 1.75. The molecule has 37 heavy (non-hydrogen) atoms. The molecule has 3 rings (SSSR count). The van der Waals surface area contributed by atoms with Crippen molar-refractivity contribution in [2.75, 3.05) is 4.90 Å². The fourth-order valence-electron chi connectivity index (χ4n) is 4.61. The number of hydrogen-bond acceptors (Lipinski definition) is 6. The number of aliphatic hydroxyl groups is 1. The molecule has 0 aromatic heterocycles. The average Bonchev–Trinajstić information content (AvgIpc) is 2.84. The Morgan fingerprint density at radius 3 is 2.22 bits per heavy atom. The molecule has 0 unspecified atom stereocenters. The van der Waals surface area contributed by atoms with Crippen LogP contribution in [0.25, 0.3) is 0 Å². The van der Waals surface area contributed by atoms with Crippen molar-refractivity contribution in [2.45, 2.75) is 72.6 Å². The maximum absolute atomic E-state index is 13.0. The summed E-state index contributed by atoms with van der Waals surface area (Å²) in [5.41, 5.74) is 4.22. The van der Waals surface area contributed by atoms with E-state index in [1.54, 1.807) is 36.4 Å². The summed E-state index contributed by atoms with van der Waals surface area (Å²) in [6, 6.07) is 21.2. The highest BCUT2D eigenvalue weighted by Crippen LogP contribution is 2.27. The van der Waals surface area contributed by atoms with Gasteiger partial charge in [-0.2, -0.15) is 0 Å².